The molecule has 0 amide bonds. The third kappa shape index (κ3) is 3.26. The monoisotopic (exact) mass is 385 g/mol. The molecule has 3 N–H and O–H groups in total. The van der Waals surface area contributed by atoms with Crippen molar-refractivity contribution in [3.63, 3.8) is 0 Å². The largest absolute Gasteiger partial charge is 0.368 e. The van der Waals surface area contributed by atoms with Crippen LogP contribution in [0.4, 0.5) is 11.9 Å². The van der Waals surface area contributed by atoms with Gasteiger partial charge >= 0.3 is 0 Å². The summed E-state index contributed by atoms with van der Waals surface area (Å²) in [5, 5.41) is 4.10. The van der Waals surface area contributed by atoms with Gasteiger partial charge in [-0.15, -0.1) is 0 Å². The van der Waals surface area contributed by atoms with Gasteiger partial charge in [-0.2, -0.15) is 15.0 Å². The number of anilines is 2. The van der Waals surface area contributed by atoms with Crippen molar-refractivity contribution in [3.05, 3.63) is 64.7 Å². The molecule has 26 heavy (non-hydrogen) atoms. The van der Waals surface area contributed by atoms with Crippen LogP contribution in [0.15, 0.2) is 49.1 Å². The molecule has 0 unspecified atom stereocenters. The zero-order chi connectivity index (χ0) is 18.1. The Hall–Kier alpha value is -2.90. The molecule has 0 saturated carbocycles. The summed E-state index contributed by atoms with van der Waals surface area (Å²) >= 11 is 12.2. The number of hydrogen-bond acceptors (Lipinski definition) is 6. The first-order valence-electron chi connectivity index (χ1n) is 7.70. The van der Waals surface area contributed by atoms with E-state index in [1.165, 1.54) is 0 Å². The SMILES string of the molecule is Nc1nc(NCc2cccc(Cl)c2Cl)nc(-c2ccc3cncn3c2)n1. The Bertz CT molecular complexity index is 1090. The van der Waals surface area contributed by atoms with Crippen LogP contribution < -0.4 is 11.1 Å². The highest BCUT2D eigenvalue weighted by molar-refractivity contribution is 6.42. The van der Waals surface area contributed by atoms with Crippen LogP contribution in [-0.4, -0.2) is 24.3 Å². The Labute approximate surface area is 158 Å². The Morgan fingerprint density at radius 1 is 1.08 bits per heavy atom. The zero-order valence-electron chi connectivity index (χ0n) is 13.4. The molecule has 4 rings (SSSR count). The van der Waals surface area contributed by atoms with Gasteiger partial charge in [-0.3, -0.25) is 0 Å². The lowest BCUT2D eigenvalue weighted by Crippen LogP contribution is -2.08. The van der Waals surface area contributed by atoms with Crippen molar-refractivity contribution in [2.24, 2.45) is 0 Å². The van der Waals surface area contributed by atoms with E-state index >= 15 is 0 Å². The minimum Gasteiger partial charge on any atom is -0.368 e. The summed E-state index contributed by atoms with van der Waals surface area (Å²) in [6.45, 7) is 0.406. The maximum atomic E-state index is 6.20. The number of benzene rings is 1. The fourth-order valence-electron chi connectivity index (χ4n) is 2.51. The average Bonchev–Trinajstić information content (AvgIpc) is 3.10. The zero-order valence-corrected chi connectivity index (χ0v) is 14.9. The van der Waals surface area contributed by atoms with Crippen LogP contribution in [-0.2, 0) is 6.54 Å². The molecule has 9 heteroatoms. The minimum atomic E-state index is 0.125. The molecule has 0 atom stereocenters. The molecular weight excluding hydrogens is 373 g/mol. The predicted molar refractivity (Wildman–Crippen MR) is 102 cm³/mol. The molecular formula is C17H13Cl2N7. The number of rotatable bonds is 4. The fraction of sp³-hybridized carbons (Fsp3) is 0.0588. The number of hydrogen-bond donors (Lipinski definition) is 2. The standard InChI is InChI=1S/C17H13Cl2N7/c18-13-3-1-2-10(14(13)19)6-22-17-24-15(23-16(20)25-17)11-4-5-12-7-21-9-26(12)8-11/h1-5,7-9H,6H2,(H3,20,22,23,24,25). The molecule has 0 saturated heterocycles. The second kappa shape index (κ2) is 6.78. The number of nitrogen functional groups attached to an aromatic ring is 1. The van der Waals surface area contributed by atoms with Gasteiger partial charge in [0.2, 0.25) is 11.9 Å². The lowest BCUT2D eigenvalue weighted by molar-refractivity contribution is 1.01. The molecule has 0 aliphatic heterocycles. The average molecular weight is 386 g/mol. The Morgan fingerprint density at radius 3 is 2.85 bits per heavy atom. The van der Waals surface area contributed by atoms with Crippen molar-refractivity contribution in [1.82, 2.24) is 24.3 Å². The van der Waals surface area contributed by atoms with Gasteiger partial charge in [0.25, 0.3) is 0 Å². The van der Waals surface area contributed by atoms with Gasteiger partial charge in [0.05, 0.1) is 28.1 Å². The molecule has 3 heterocycles. The van der Waals surface area contributed by atoms with Crippen LogP contribution in [0.2, 0.25) is 10.0 Å². The molecule has 1 aromatic carbocycles. The van der Waals surface area contributed by atoms with Gasteiger partial charge in [-0.1, -0.05) is 35.3 Å². The summed E-state index contributed by atoms with van der Waals surface area (Å²) in [6.07, 6.45) is 5.37. The van der Waals surface area contributed by atoms with Gasteiger partial charge < -0.3 is 15.5 Å². The van der Waals surface area contributed by atoms with E-state index in [0.717, 1.165) is 16.6 Å². The van der Waals surface area contributed by atoms with E-state index in [2.05, 4.69) is 25.3 Å². The summed E-state index contributed by atoms with van der Waals surface area (Å²) in [6, 6.07) is 9.28. The minimum absolute atomic E-state index is 0.125. The molecule has 0 aliphatic carbocycles. The number of fused-ring (bicyclic) bond motifs is 1. The third-order valence-corrected chi connectivity index (χ3v) is 4.65. The van der Waals surface area contributed by atoms with Gasteiger partial charge in [0.1, 0.15) is 0 Å². The number of pyridine rings is 1. The van der Waals surface area contributed by atoms with Crippen molar-refractivity contribution in [1.29, 1.82) is 0 Å². The molecule has 0 fully saturated rings. The van der Waals surface area contributed by atoms with Crippen LogP contribution >= 0.6 is 23.2 Å². The van der Waals surface area contributed by atoms with Crippen molar-refractivity contribution >= 4 is 40.6 Å². The Kier molecular flexibility index (Phi) is 4.32. The summed E-state index contributed by atoms with van der Waals surface area (Å²) < 4.78 is 1.88. The van der Waals surface area contributed by atoms with Crippen molar-refractivity contribution in [3.8, 4) is 11.4 Å². The maximum absolute atomic E-state index is 6.20. The molecule has 130 valence electrons. The summed E-state index contributed by atoms with van der Waals surface area (Å²) in [5.41, 5.74) is 8.45. The first-order chi connectivity index (χ1) is 12.6. The van der Waals surface area contributed by atoms with Crippen molar-refractivity contribution < 1.29 is 0 Å². The van der Waals surface area contributed by atoms with E-state index in [0.29, 0.717) is 28.4 Å². The quantitative estimate of drug-likeness (QED) is 0.556. The van der Waals surface area contributed by atoms with Crippen LogP contribution in [0.3, 0.4) is 0 Å². The van der Waals surface area contributed by atoms with E-state index < -0.39 is 0 Å². The lowest BCUT2D eigenvalue weighted by atomic mass is 10.2. The predicted octanol–water partition coefficient (Wildman–Crippen LogP) is 3.69. The van der Waals surface area contributed by atoms with Gasteiger partial charge in [0.15, 0.2) is 5.82 Å². The highest BCUT2D eigenvalue weighted by atomic mass is 35.5. The lowest BCUT2D eigenvalue weighted by Gasteiger charge is -2.09. The smallest absolute Gasteiger partial charge is 0.228 e. The first-order valence-corrected chi connectivity index (χ1v) is 8.46. The number of nitrogens with two attached hydrogens (primary N) is 1. The highest BCUT2D eigenvalue weighted by Gasteiger charge is 2.09. The summed E-state index contributed by atoms with van der Waals surface area (Å²) in [5.74, 6) is 0.947. The molecule has 0 aliphatic rings. The molecule has 4 aromatic rings. The second-order valence-electron chi connectivity index (χ2n) is 5.55. The van der Waals surface area contributed by atoms with E-state index in [1.54, 1.807) is 18.6 Å². The number of nitrogens with one attached hydrogen (secondary N) is 1. The van der Waals surface area contributed by atoms with Crippen molar-refractivity contribution in [2.75, 3.05) is 11.1 Å². The number of nitrogens with zero attached hydrogens (tertiary/aromatic N) is 5. The van der Waals surface area contributed by atoms with Crippen LogP contribution in [0, 0.1) is 0 Å². The Balaban J connectivity index is 1.62. The van der Waals surface area contributed by atoms with Gasteiger partial charge in [-0.25, -0.2) is 4.98 Å². The number of halogens is 2. The van der Waals surface area contributed by atoms with E-state index in [4.69, 9.17) is 28.9 Å². The van der Waals surface area contributed by atoms with Crippen LogP contribution in [0.1, 0.15) is 5.56 Å². The highest BCUT2D eigenvalue weighted by Crippen LogP contribution is 2.26. The van der Waals surface area contributed by atoms with Gasteiger partial charge in [-0.05, 0) is 23.8 Å². The van der Waals surface area contributed by atoms with Crippen molar-refractivity contribution in [2.45, 2.75) is 6.54 Å². The molecule has 3 aromatic heterocycles. The summed E-state index contributed by atoms with van der Waals surface area (Å²) in [4.78, 5) is 16.9. The topological polar surface area (TPSA) is 94.0 Å². The van der Waals surface area contributed by atoms with E-state index in [1.807, 2.05) is 34.9 Å². The second-order valence-corrected chi connectivity index (χ2v) is 6.34. The number of aromatic nitrogens is 5. The van der Waals surface area contributed by atoms with E-state index in [9.17, 15) is 0 Å². The number of imidazole rings is 1. The molecule has 0 radical (unpaired) electrons. The first kappa shape index (κ1) is 16.6. The molecule has 0 bridgehead atoms. The maximum Gasteiger partial charge on any atom is 0.228 e. The summed E-state index contributed by atoms with van der Waals surface area (Å²) in [7, 11) is 0. The molecule has 0 spiro atoms. The normalized spacial score (nSPS) is 11.0. The van der Waals surface area contributed by atoms with Gasteiger partial charge in [0, 0.05) is 18.3 Å². The van der Waals surface area contributed by atoms with E-state index in [-0.39, 0.29) is 5.95 Å². The third-order valence-electron chi connectivity index (χ3n) is 3.79. The van der Waals surface area contributed by atoms with Crippen LogP contribution in [0.25, 0.3) is 16.9 Å². The van der Waals surface area contributed by atoms with Crippen LogP contribution in [0.5, 0.6) is 0 Å². The fourth-order valence-corrected chi connectivity index (χ4v) is 2.90. The Morgan fingerprint density at radius 2 is 1.96 bits per heavy atom. The molecule has 7 nitrogen and oxygen atoms in total.